The first-order valence-electron chi connectivity index (χ1n) is 8.52. The van der Waals surface area contributed by atoms with Crippen LogP contribution < -0.4 is 19.5 Å². The second kappa shape index (κ2) is 7.48. The Labute approximate surface area is 158 Å². The number of carbonyl (C=O) groups excluding carboxylic acids is 1. The lowest BCUT2D eigenvalue weighted by atomic mass is 10.1. The lowest BCUT2D eigenvalue weighted by molar-refractivity contribution is 0.0939. The maximum Gasteiger partial charge on any atom is 0.251 e. The monoisotopic (exact) mass is 390 g/mol. The van der Waals surface area contributed by atoms with Gasteiger partial charge in [-0.25, -0.2) is 8.42 Å². The van der Waals surface area contributed by atoms with Crippen molar-refractivity contribution >= 4 is 21.6 Å². The highest BCUT2D eigenvalue weighted by Crippen LogP contribution is 2.32. The molecule has 1 aliphatic rings. The van der Waals surface area contributed by atoms with Gasteiger partial charge in [-0.15, -0.1) is 0 Å². The Hall–Kier alpha value is -2.74. The normalized spacial score (nSPS) is 14.3. The van der Waals surface area contributed by atoms with Gasteiger partial charge in [-0.1, -0.05) is 12.1 Å². The summed E-state index contributed by atoms with van der Waals surface area (Å²) in [4.78, 5) is 12.6. The number of carbonyl (C=O) groups is 1. The van der Waals surface area contributed by atoms with Crippen LogP contribution >= 0.6 is 0 Å². The third-order valence-electron chi connectivity index (χ3n) is 4.21. The molecule has 7 nitrogen and oxygen atoms in total. The summed E-state index contributed by atoms with van der Waals surface area (Å²) < 4.78 is 36.5. The molecule has 0 saturated heterocycles. The van der Waals surface area contributed by atoms with Gasteiger partial charge in [-0.3, -0.25) is 9.52 Å². The largest absolute Gasteiger partial charge is 0.486 e. The van der Waals surface area contributed by atoms with Crippen molar-refractivity contribution in [2.45, 2.75) is 19.9 Å². The molecule has 2 aromatic carbocycles. The van der Waals surface area contributed by atoms with Crippen molar-refractivity contribution in [2.75, 3.05) is 24.2 Å². The first kappa shape index (κ1) is 19.0. The van der Waals surface area contributed by atoms with Crippen LogP contribution in [0, 0.1) is 6.92 Å². The Bertz CT molecular complexity index is 972. The number of fused-ring (bicyclic) bond motifs is 1. The molecule has 3 rings (SSSR count). The first-order chi connectivity index (χ1) is 12.7. The van der Waals surface area contributed by atoms with Gasteiger partial charge in [0.15, 0.2) is 11.5 Å². The molecule has 1 amide bonds. The van der Waals surface area contributed by atoms with Crippen LogP contribution in [0.4, 0.5) is 5.69 Å². The summed E-state index contributed by atoms with van der Waals surface area (Å²) in [5.74, 6) is 1.06. The number of rotatable bonds is 5. The molecular weight excluding hydrogens is 368 g/mol. The van der Waals surface area contributed by atoms with Gasteiger partial charge in [0, 0.05) is 5.56 Å². The van der Waals surface area contributed by atoms with E-state index >= 15 is 0 Å². The number of ether oxygens (including phenoxy) is 2. The van der Waals surface area contributed by atoms with Gasteiger partial charge in [-0.2, -0.15) is 0 Å². The number of nitrogens with one attached hydrogen (secondary N) is 2. The summed E-state index contributed by atoms with van der Waals surface area (Å²) in [6.45, 7) is 4.66. The van der Waals surface area contributed by atoms with Crippen molar-refractivity contribution in [3.63, 3.8) is 0 Å². The molecule has 0 spiro atoms. The average Bonchev–Trinajstić information content (AvgIpc) is 2.62. The van der Waals surface area contributed by atoms with Crippen molar-refractivity contribution in [3.05, 3.63) is 53.1 Å². The smallest absolute Gasteiger partial charge is 0.251 e. The Balaban J connectivity index is 1.76. The first-order valence-corrected chi connectivity index (χ1v) is 10.4. The Morgan fingerprint density at radius 3 is 2.48 bits per heavy atom. The summed E-state index contributed by atoms with van der Waals surface area (Å²) in [6, 6.07) is 10.2. The lowest BCUT2D eigenvalue weighted by Gasteiger charge is -2.21. The SMILES string of the molecule is Cc1ccc(C(=O)NC(C)c2ccc3c(c2)OCCO3)cc1NS(C)(=O)=O. The second-order valence-electron chi connectivity index (χ2n) is 6.50. The minimum atomic E-state index is -3.42. The molecule has 0 fully saturated rings. The van der Waals surface area contributed by atoms with Gasteiger partial charge in [0.05, 0.1) is 18.0 Å². The van der Waals surface area contributed by atoms with Crippen LogP contribution in [0.15, 0.2) is 36.4 Å². The topological polar surface area (TPSA) is 93.7 Å². The highest BCUT2D eigenvalue weighted by molar-refractivity contribution is 7.92. The highest BCUT2D eigenvalue weighted by Gasteiger charge is 2.17. The molecule has 1 aliphatic heterocycles. The molecule has 1 heterocycles. The van der Waals surface area contributed by atoms with Gasteiger partial charge in [0.2, 0.25) is 10.0 Å². The zero-order chi connectivity index (χ0) is 19.6. The molecule has 1 atom stereocenters. The Kier molecular flexibility index (Phi) is 5.27. The quantitative estimate of drug-likeness (QED) is 0.819. The van der Waals surface area contributed by atoms with E-state index in [9.17, 15) is 13.2 Å². The summed E-state index contributed by atoms with van der Waals surface area (Å²) in [5.41, 5.74) is 2.37. The van der Waals surface area contributed by atoms with Crippen LogP contribution in [0.1, 0.15) is 34.5 Å². The molecule has 1 unspecified atom stereocenters. The number of benzene rings is 2. The van der Waals surface area contributed by atoms with Gasteiger partial charge < -0.3 is 14.8 Å². The van der Waals surface area contributed by atoms with E-state index in [1.54, 1.807) is 19.1 Å². The Morgan fingerprint density at radius 2 is 1.78 bits per heavy atom. The fourth-order valence-corrected chi connectivity index (χ4v) is 3.38. The molecular formula is C19H22N2O5S. The third-order valence-corrected chi connectivity index (χ3v) is 4.80. The minimum absolute atomic E-state index is 0.263. The molecule has 0 saturated carbocycles. The van der Waals surface area contributed by atoms with E-state index in [1.165, 1.54) is 6.07 Å². The standard InChI is InChI=1S/C19H22N2O5S/c1-12-4-5-15(10-16(12)21-27(3,23)24)19(22)20-13(2)14-6-7-17-18(11-14)26-9-8-25-17/h4-7,10-11,13,21H,8-9H2,1-3H3,(H,20,22). The molecule has 0 aromatic heterocycles. The van der Waals surface area contributed by atoms with Crippen LogP contribution in [0.3, 0.4) is 0 Å². The van der Waals surface area contributed by atoms with Crippen LogP contribution in [-0.4, -0.2) is 33.8 Å². The van der Waals surface area contributed by atoms with Gasteiger partial charge in [0.25, 0.3) is 5.91 Å². The summed E-state index contributed by atoms with van der Waals surface area (Å²) >= 11 is 0. The predicted molar refractivity (Wildman–Crippen MR) is 103 cm³/mol. The fraction of sp³-hybridized carbons (Fsp3) is 0.316. The van der Waals surface area contributed by atoms with Gasteiger partial charge in [0.1, 0.15) is 13.2 Å². The Morgan fingerprint density at radius 1 is 1.07 bits per heavy atom. The molecule has 0 radical (unpaired) electrons. The highest BCUT2D eigenvalue weighted by atomic mass is 32.2. The molecule has 144 valence electrons. The van der Waals surface area contributed by atoms with E-state index in [0.29, 0.717) is 36.0 Å². The molecule has 0 bridgehead atoms. The molecule has 2 N–H and O–H groups in total. The van der Waals surface area contributed by atoms with Crippen LogP contribution in [0.5, 0.6) is 11.5 Å². The van der Waals surface area contributed by atoms with Gasteiger partial charge >= 0.3 is 0 Å². The number of hydrogen-bond acceptors (Lipinski definition) is 5. The summed E-state index contributed by atoms with van der Waals surface area (Å²) in [5, 5.41) is 2.92. The molecule has 8 heteroatoms. The van der Waals surface area contributed by atoms with Crippen molar-refractivity contribution in [1.29, 1.82) is 0 Å². The molecule has 0 aliphatic carbocycles. The van der Waals surface area contributed by atoms with E-state index in [0.717, 1.165) is 17.4 Å². The van der Waals surface area contributed by atoms with E-state index < -0.39 is 10.0 Å². The van der Waals surface area contributed by atoms with Crippen molar-refractivity contribution in [2.24, 2.45) is 0 Å². The van der Waals surface area contributed by atoms with Crippen LogP contribution in [-0.2, 0) is 10.0 Å². The maximum absolute atomic E-state index is 12.6. The number of amides is 1. The zero-order valence-corrected chi connectivity index (χ0v) is 16.2. The fourth-order valence-electron chi connectivity index (χ4n) is 2.77. The van der Waals surface area contributed by atoms with Crippen molar-refractivity contribution in [1.82, 2.24) is 5.32 Å². The van der Waals surface area contributed by atoms with Crippen molar-refractivity contribution < 1.29 is 22.7 Å². The van der Waals surface area contributed by atoms with E-state index in [1.807, 2.05) is 25.1 Å². The maximum atomic E-state index is 12.6. The van der Waals surface area contributed by atoms with E-state index in [4.69, 9.17) is 9.47 Å². The summed E-state index contributed by atoms with van der Waals surface area (Å²) in [7, 11) is -3.42. The third kappa shape index (κ3) is 4.71. The van der Waals surface area contributed by atoms with E-state index in [2.05, 4.69) is 10.0 Å². The lowest BCUT2D eigenvalue weighted by Crippen LogP contribution is -2.27. The van der Waals surface area contributed by atoms with Gasteiger partial charge in [-0.05, 0) is 49.2 Å². The zero-order valence-electron chi connectivity index (χ0n) is 15.4. The summed E-state index contributed by atoms with van der Waals surface area (Å²) in [6.07, 6.45) is 1.07. The molecule has 27 heavy (non-hydrogen) atoms. The van der Waals surface area contributed by atoms with Crippen molar-refractivity contribution in [3.8, 4) is 11.5 Å². The average molecular weight is 390 g/mol. The number of hydrogen-bond donors (Lipinski definition) is 2. The van der Waals surface area contributed by atoms with Crippen LogP contribution in [0.2, 0.25) is 0 Å². The van der Waals surface area contributed by atoms with E-state index in [-0.39, 0.29) is 11.9 Å². The number of anilines is 1. The minimum Gasteiger partial charge on any atom is -0.486 e. The number of aryl methyl sites for hydroxylation is 1. The van der Waals surface area contributed by atoms with Crippen LogP contribution in [0.25, 0.3) is 0 Å². The number of sulfonamides is 1. The molecule has 2 aromatic rings. The predicted octanol–water partition coefficient (Wildman–Crippen LogP) is 2.63. The second-order valence-corrected chi connectivity index (χ2v) is 8.25.